The second kappa shape index (κ2) is 14.6. The van der Waals surface area contributed by atoms with Crippen LogP contribution in [-0.2, 0) is 9.47 Å². The Kier molecular flexibility index (Phi) is 13.9. The maximum Gasteiger partial charge on any atom is 0.190 e. The zero-order valence-electron chi connectivity index (χ0n) is 13.6. The van der Waals surface area contributed by atoms with Crippen LogP contribution < -0.4 is 10.6 Å². The molecule has 0 spiro atoms. The van der Waals surface area contributed by atoms with Crippen molar-refractivity contribution in [1.29, 1.82) is 0 Å². The normalized spacial score (nSPS) is 11.9. The topological polar surface area (TPSA) is 58.1 Å². The number of rotatable bonds is 12. The summed E-state index contributed by atoms with van der Waals surface area (Å²) in [6, 6.07) is 0. The van der Waals surface area contributed by atoms with Crippen molar-refractivity contribution >= 4 is 5.96 Å². The van der Waals surface area contributed by atoms with Crippen molar-refractivity contribution < 1.29 is 9.47 Å². The van der Waals surface area contributed by atoms with Crippen LogP contribution in [0.2, 0.25) is 0 Å². The molecule has 0 unspecified atom stereocenters. The third-order valence-corrected chi connectivity index (χ3v) is 2.87. The van der Waals surface area contributed by atoms with Crippen LogP contribution in [0.5, 0.6) is 0 Å². The third-order valence-electron chi connectivity index (χ3n) is 2.87. The molecule has 0 aliphatic rings. The van der Waals surface area contributed by atoms with Crippen LogP contribution in [0.4, 0.5) is 0 Å². The number of methoxy groups -OCH3 is 1. The molecular formula is C14H32N4O2. The molecule has 0 aromatic heterocycles. The Labute approximate surface area is 123 Å². The van der Waals surface area contributed by atoms with Gasteiger partial charge in [0.15, 0.2) is 5.96 Å². The van der Waals surface area contributed by atoms with Crippen molar-refractivity contribution in [3.8, 4) is 0 Å². The van der Waals surface area contributed by atoms with E-state index in [2.05, 4.69) is 27.6 Å². The van der Waals surface area contributed by atoms with Crippen molar-refractivity contribution in [3.05, 3.63) is 0 Å². The number of hydrogen-bond acceptors (Lipinski definition) is 4. The fraction of sp³-hybridized carbons (Fsp3) is 0.929. The monoisotopic (exact) mass is 288 g/mol. The molecule has 6 heteroatoms. The molecule has 0 saturated heterocycles. The fourth-order valence-electron chi connectivity index (χ4n) is 1.66. The van der Waals surface area contributed by atoms with Crippen LogP contribution in [0.25, 0.3) is 0 Å². The van der Waals surface area contributed by atoms with Crippen LogP contribution in [0, 0.1) is 0 Å². The third kappa shape index (κ3) is 12.2. The van der Waals surface area contributed by atoms with Crippen LogP contribution in [0.1, 0.15) is 19.8 Å². The van der Waals surface area contributed by atoms with Gasteiger partial charge in [-0.15, -0.1) is 0 Å². The van der Waals surface area contributed by atoms with Crippen molar-refractivity contribution in [1.82, 2.24) is 15.5 Å². The summed E-state index contributed by atoms with van der Waals surface area (Å²) in [4.78, 5) is 6.46. The summed E-state index contributed by atoms with van der Waals surface area (Å²) in [6.07, 6.45) is 2.08. The van der Waals surface area contributed by atoms with E-state index in [1.165, 1.54) is 0 Å². The molecule has 0 fully saturated rings. The molecule has 20 heavy (non-hydrogen) atoms. The summed E-state index contributed by atoms with van der Waals surface area (Å²) in [5.74, 6) is 0.862. The number of nitrogens with zero attached hydrogens (tertiary/aromatic N) is 2. The van der Waals surface area contributed by atoms with Gasteiger partial charge in [0.05, 0.1) is 6.61 Å². The number of likely N-dealkylation sites (N-methyl/N-ethyl adjacent to an activating group) is 1. The van der Waals surface area contributed by atoms with E-state index in [1.54, 1.807) is 14.2 Å². The second-order valence-corrected chi connectivity index (χ2v) is 4.63. The smallest absolute Gasteiger partial charge is 0.190 e. The van der Waals surface area contributed by atoms with E-state index in [1.807, 2.05) is 6.92 Å². The molecule has 0 aliphatic carbocycles. The number of hydrogen-bond donors (Lipinski definition) is 2. The number of guanidine groups is 1. The summed E-state index contributed by atoms with van der Waals surface area (Å²) >= 11 is 0. The molecule has 0 radical (unpaired) electrons. The molecule has 0 atom stereocenters. The Morgan fingerprint density at radius 3 is 2.40 bits per heavy atom. The highest BCUT2D eigenvalue weighted by atomic mass is 16.5. The first-order valence-corrected chi connectivity index (χ1v) is 7.44. The van der Waals surface area contributed by atoms with E-state index in [4.69, 9.17) is 9.47 Å². The summed E-state index contributed by atoms with van der Waals surface area (Å²) in [5, 5.41) is 6.59. The predicted molar refractivity (Wildman–Crippen MR) is 84.5 cm³/mol. The maximum atomic E-state index is 5.29. The first-order chi connectivity index (χ1) is 9.74. The highest BCUT2D eigenvalue weighted by Crippen LogP contribution is 1.87. The van der Waals surface area contributed by atoms with Crippen LogP contribution in [0.3, 0.4) is 0 Å². The van der Waals surface area contributed by atoms with Gasteiger partial charge in [-0.1, -0.05) is 0 Å². The van der Waals surface area contributed by atoms with Crippen molar-refractivity contribution in [2.24, 2.45) is 4.99 Å². The van der Waals surface area contributed by atoms with Gasteiger partial charge < -0.3 is 25.0 Å². The van der Waals surface area contributed by atoms with Gasteiger partial charge in [0, 0.05) is 47.0 Å². The zero-order chi connectivity index (χ0) is 15.1. The van der Waals surface area contributed by atoms with E-state index < -0.39 is 0 Å². The minimum absolute atomic E-state index is 0.781. The first kappa shape index (κ1) is 19.1. The Balaban J connectivity index is 3.50. The predicted octanol–water partition coefficient (Wildman–Crippen LogP) is 0.546. The minimum Gasteiger partial charge on any atom is -0.383 e. The highest BCUT2D eigenvalue weighted by molar-refractivity contribution is 5.79. The SMILES string of the molecule is CCOCCCNC(=NC)NCCCN(C)CCOC. The minimum atomic E-state index is 0.781. The van der Waals surface area contributed by atoms with Gasteiger partial charge >= 0.3 is 0 Å². The van der Waals surface area contributed by atoms with Crippen LogP contribution in [-0.4, -0.2) is 78.1 Å². The number of aliphatic imine (C=N–C) groups is 1. The molecular weight excluding hydrogens is 256 g/mol. The first-order valence-electron chi connectivity index (χ1n) is 7.44. The van der Waals surface area contributed by atoms with Crippen molar-refractivity contribution in [2.45, 2.75) is 19.8 Å². The van der Waals surface area contributed by atoms with E-state index in [0.717, 1.165) is 64.8 Å². The lowest BCUT2D eigenvalue weighted by molar-refractivity contribution is 0.145. The molecule has 0 aliphatic heterocycles. The molecule has 6 nitrogen and oxygen atoms in total. The highest BCUT2D eigenvalue weighted by Gasteiger charge is 1.99. The van der Waals surface area contributed by atoms with Gasteiger partial charge in [0.1, 0.15) is 0 Å². The Bertz CT molecular complexity index is 237. The molecule has 0 rings (SSSR count). The Morgan fingerprint density at radius 1 is 1.10 bits per heavy atom. The van der Waals surface area contributed by atoms with Crippen LogP contribution in [0.15, 0.2) is 4.99 Å². The van der Waals surface area contributed by atoms with E-state index in [9.17, 15) is 0 Å². The molecule has 120 valence electrons. The molecule has 0 saturated carbocycles. The standard InChI is InChI=1S/C14H32N4O2/c1-5-20-12-7-9-17-14(15-2)16-8-6-10-18(3)11-13-19-4/h5-13H2,1-4H3,(H2,15,16,17). The number of ether oxygens (including phenoxy) is 2. The molecule has 2 N–H and O–H groups in total. The largest absolute Gasteiger partial charge is 0.383 e. The second-order valence-electron chi connectivity index (χ2n) is 4.63. The van der Waals surface area contributed by atoms with E-state index in [-0.39, 0.29) is 0 Å². The molecule has 0 amide bonds. The van der Waals surface area contributed by atoms with Gasteiger partial charge in [-0.05, 0) is 33.4 Å². The molecule has 0 aromatic carbocycles. The molecule has 0 bridgehead atoms. The lowest BCUT2D eigenvalue weighted by Crippen LogP contribution is -2.39. The number of nitrogens with one attached hydrogen (secondary N) is 2. The lowest BCUT2D eigenvalue weighted by Gasteiger charge is -2.17. The van der Waals surface area contributed by atoms with Gasteiger partial charge in [0.25, 0.3) is 0 Å². The molecule has 0 aromatic rings. The summed E-state index contributed by atoms with van der Waals surface area (Å²) in [6.45, 7) is 8.20. The summed E-state index contributed by atoms with van der Waals surface area (Å²) < 4.78 is 10.3. The molecule has 0 heterocycles. The van der Waals surface area contributed by atoms with E-state index >= 15 is 0 Å². The average Bonchev–Trinajstić information content (AvgIpc) is 2.47. The summed E-state index contributed by atoms with van der Waals surface area (Å²) in [7, 11) is 5.64. The Morgan fingerprint density at radius 2 is 1.80 bits per heavy atom. The van der Waals surface area contributed by atoms with Crippen molar-refractivity contribution in [2.75, 3.05) is 67.2 Å². The quantitative estimate of drug-likeness (QED) is 0.312. The average molecular weight is 288 g/mol. The zero-order valence-corrected chi connectivity index (χ0v) is 13.6. The summed E-state index contributed by atoms with van der Waals surface area (Å²) in [5.41, 5.74) is 0. The lowest BCUT2D eigenvalue weighted by atomic mass is 10.4. The van der Waals surface area contributed by atoms with E-state index in [0.29, 0.717) is 0 Å². The van der Waals surface area contributed by atoms with Gasteiger partial charge in [-0.25, -0.2) is 0 Å². The fourth-order valence-corrected chi connectivity index (χ4v) is 1.66. The Hall–Kier alpha value is -0.850. The van der Waals surface area contributed by atoms with Crippen LogP contribution >= 0.6 is 0 Å². The van der Waals surface area contributed by atoms with Crippen molar-refractivity contribution in [3.63, 3.8) is 0 Å². The maximum absolute atomic E-state index is 5.29. The van der Waals surface area contributed by atoms with Gasteiger partial charge in [-0.2, -0.15) is 0 Å². The van der Waals surface area contributed by atoms with Gasteiger partial charge in [0.2, 0.25) is 0 Å². The van der Waals surface area contributed by atoms with Gasteiger partial charge in [-0.3, -0.25) is 4.99 Å².